The smallest absolute Gasteiger partial charge is 0.251 e. The van der Waals surface area contributed by atoms with E-state index in [0.29, 0.717) is 19.4 Å². The second-order valence-corrected chi connectivity index (χ2v) is 7.19. The number of sulfonamides is 1. The van der Waals surface area contributed by atoms with Crippen LogP contribution in [0.4, 0.5) is 0 Å². The van der Waals surface area contributed by atoms with Crippen LogP contribution in [0.15, 0.2) is 41.8 Å². The first-order valence-electron chi connectivity index (χ1n) is 7.39. The lowest BCUT2D eigenvalue weighted by atomic mass is 10.1. The minimum absolute atomic E-state index is 0.0877. The van der Waals surface area contributed by atoms with Gasteiger partial charge in [0.2, 0.25) is 15.7 Å². The first-order valence-corrected chi connectivity index (χ1v) is 8.83. The van der Waals surface area contributed by atoms with Crippen LogP contribution in [0.5, 0.6) is 5.88 Å². The van der Waals surface area contributed by atoms with Crippen LogP contribution in [-0.4, -0.2) is 46.9 Å². The molecule has 1 unspecified atom stereocenters. The molecule has 0 radical (unpaired) electrons. The van der Waals surface area contributed by atoms with Crippen LogP contribution in [0.1, 0.15) is 18.5 Å². The summed E-state index contributed by atoms with van der Waals surface area (Å²) in [6.45, 7) is 0.612. The van der Waals surface area contributed by atoms with Crippen LogP contribution in [0.2, 0.25) is 0 Å². The normalized spacial score (nSPS) is 18.7. The molecule has 2 aromatic rings. The summed E-state index contributed by atoms with van der Waals surface area (Å²) in [4.78, 5) is 11.9. The van der Waals surface area contributed by atoms with Crippen LogP contribution >= 0.6 is 0 Å². The van der Waals surface area contributed by atoms with Crippen LogP contribution in [0.3, 0.4) is 0 Å². The molecule has 9 heteroatoms. The average Bonchev–Trinajstić information content (AvgIpc) is 2.63. The zero-order valence-electron chi connectivity index (χ0n) is 12.7. The standard InChI is InChI=1S/C15H15N5O3S/c16-9-14-15(19-7-6-18-14)23-12-3-2-8-20(11-12)24(21,22)13-4-1-5-17-10-13/h1,4-7,10,12H,2-3,8,11H2. The Morgan fingerprint density at radius 3 is 2.88 bits per heavy atom. The maximum Gasteiger partial charge on any atom is 0.251 e. The lowest BCUT2D eigenvalue weighted by Gasteiger charge is -2.31. The molecular formula is C15H15N5O3S. The summed E-state index contributed by atoms with van der Waals surface area (Å²) in [5.41, 5.74) is 0.0877. The van der Waals surface area contributed by atoms with Gasteiger partial charge in [0, 0.05) is 31.3 Å². The van der Waals surface area contributed by atoms with Gasteiger partial charge >= 0.3 is 0 Å². The molecule has 1 fully saturated rings. The topological polar surface area (TPSA) is 109 Å². The van der Waals surface area contributed by atoms with Crippen LogP contribution in [-0.2, 0) is 10.0 Å². The SMILES string of the molecule is N#Cc1nccnc1OC1CCCN(S(=O)(=O)c2cccnc2)C1. The van der Waals surface area contributed by atoms with Gasteiger partial charge in [-0.1, -0.05) is 0 Å². The number of ether oxygens (including phenoxy) is 1. The van der Waals surface area contributed by atoms with E-state index in [9.17, 15) is 8.42 Å². The molecular weight excluding hydrogens is 330 g/mol. The Labute approximate surface area is 139 Å². The van der Waals surface area contributed by atoms with E-state index in [4.69, 9.17) is 10.00 Å². The van der Waals surface area contributed by atoms with Gasteiger partial charge in [0.15, 0.2) is 0 Å². The van der Waals surface area contributed by atoms with E-state index in [1.807, 2.05) is 6.07 Å². The third-order valence-electron chi connectivity index (χ3n) is 3.66. The van der Waals surface area contributed by atoms with E-state index in [1.54, 1.807) is 6.07 Å². The quantitative estimate of drug-likeness (QED) is 0.812. The molecule has 3 heterocycles. The summed E-state index contributed by atoms with van der Waals surface area (Å²) in [5, 5.41) is 9.03. The lowest BCUT2D eigenvalue weighted by molar-refractivity contribution is 0.124. The first kappa shape index (κ1) is 16.3. The van der Waals surface area contributed by atoms with Crippen LogP contribution in [0.25, 0.3) is 0 Å². The van der Waals surface area contributed by atoms with E-state index in [2.05, 4.69) is 15.0 Å². The van der Waals surface area contributed by atoms with Crippen molar-refractivity contribution in [2.45, 2.75) is 23.8 Å². The number of pyridine rings is 1. The third-order valence-corrected chi connectivity index (χ3v) is 5.51. The molecule has 0 N–H and O–H groups in total. The first-order chi connectivity index (χ1) is 11.6. The number of rotatable bonds is 4. The van der Waals surface area contributed by atoms with E-state index in [1.165, 1.54) is 35.2 Å². The third kappa shape index (κ3) is 3.34. The highest BCUT2D eigenvalue weighted by Crippen LogP contribution is 2.23. The van der Waals surface area contributed by atoms with Crippen molar-refractivity contribution in [1.29, 1.82) is 5.26 Å². The molecule has 0 saturated carbocycles. The molecule has 0 bridgehead atoms. The molecule has 24 heavy (non-hydrogen) atoms. The van der Waals surface area contributed by atoms with Gasteiger partial charge in [0.1, 0.15) is 17.1 Å². The van der Waals surface area contributed by atoms with E-state index in [0.717, 1.165) is 0 Å². The van der Waals surface area contributed by atoms with E-state index in [-0.39, 0.29) is 29.1 Å². The van der Waals surface area contributed by atoms with Crippen molar-refractivity contribution in [3.05, 3.63) is 42.6 Å². The van der Waals surface area contributed by atoms with Gasteiger partial charge in [0.25, 0.3) is 5.88 Å². The molecule has 0 spiro atoms. The number of piperidine rings is 1. The maximum atomic E-state index is 12.7. The molecule has 2 aromatic heterocycles. The predicted octanol–water partition coefficient (Wildman–Crippen LogP) is 0.975. The Hall–Kier alpha value is -2.57. The van der Waals surface area contributed by atoms with Crippen molar-refractivity contribution in [3.63, 3.8) is 0 Å². The van der Waals surface area contributed by atoms with Crippen molar-refractivity contribution in [1.82, 2.24) is 19.3 Å². The molecule has 0 amide bonds. The van der Waals surface area contributed by atoms with Gasteiger partial charge in [-0.15, -0.1) is 0 Å². The number of hydrogen-bond donors (Lipinski definition) is 0. The van der Waals surface area contributed by atoms with E-state index < -0.39 is 10.0 Å². The van der Waals surface area contributed by atoms with Crippen molar-refractivity contribution < 1.29 is 13.2 Å². The van der Waals surface area contributed by atoms with Gasteiger partial charge in [-0.05, 0) is 25.0 Å². The van der Waals surface area contributed by atoms with Gasteiger partial charge in [0.05, 0.1) is 6.54 Å². The van der Waals surface area contributed by atoms with Gasteiger partial charge in [-0.3, -0.25) is 4.98 Å². The number of nitriles is 1. The van der Waals surface area contributed by atoms with Crippen molar-refractivity contribution in [2.24, 2.45) is 0 Å². The largest absolute Gasteiger partial charge is 0.471 e. The highest BCUT2D eigenvalue weighted by Gasteiger charge is 2.31. The molecule has 124 valence electrons. The van der Waals surface area contributed by atoms with E-state index >= 15 is 0 Å². The van der Waals surface area contributed by atoms with Crippen LogP contribution < -0.4 is 4.74 Å². The Kier molecular flexibility index (Phi) is 4.69. The fourth-order valence-electron chi connectivity index (χ4n) is 2.51. The molecule has 1 atom stereocenters. The summed E-state index contributed by atoms with van der Waals surface area (Å²) in [5.74, 6) is 0.130. The number of hydrogen-bond acceptors (Lipinski definition) is 7. The summed E-state index contributed by atoms with van der Waals surface area (Å²) in [7, 11) is -3.61. The second kappa shape index (κ2) is 6.90. The number of nitrogens with zero attached hydrogens (tertiary/aromatic N) is 5. The van der Waals surface area contributed by atoms with Crippen molar-refractivity contribution >= 4 is 10.0 Å². The maximum absolute atomic E-state index is 12.7. The average molecular weight is 345 g/mol. The molecule has 1 saturated heterocycles. The lowest BCUT2D eigenvalue weighted by Crippen LogP contribution is -2.44. The zero-order valence-corrected chi connectivity index (χ0v) is 13.6. The fourth-order valence-corrected chi connectivity index (χ4v) is 3.99. The Bertz CT molecular complexity index is 851. The molecule has 0 aliphatic carbocycles. The minimum Gasteiger partial charge on any atom is -0.471 e. The molecule has 1 aliphatic rings. The summed E-state index contributed by atoms with van der Waals surface area (Å²) < 4.78 is 32.4. The van der Waals surface area contributed by atoms with Crippen molar-refractivity contribution in [3.8, 4) is 11.9 Å². The predicted molar refractivity (Wildman–Crippen MR) is 83.4 cm³/mol. The molecule has 1 aliphatic heterocycles. The van der Waals surface area contributed by atoms with Crippen molar-refractivity contribution in [2.75, 3.05) is 13.1 Å². The fraction of sp³-hybridized carbons (Fsp3) is 0.333. The highest BCUT2D eigenvalue weighted by molar-refractivity contribution is 7.89. The van der Waals surface area contributed by atoms with Gasteiger partial charge in [-0.2, -0.15) is 9.57 Å². The Balaban J connectivity index is 1.77. The summed E-state index contributed by atoms with van der Waals surface area (Å²) in [6.07, 6.45) is 6.66. The molecule has 8 nitrogen and oxygen atoms in total. The minimum atomic E-state index is -3.61. The number of aromatic nitrogens is 3. The molecule has 0 aromatic carbocycles. The zero-order chi connectivity index (χ0) is 17.0. The van der Waals surface area contributed by atoms with Gasteiger partial charge < -0.3 is 4.74 Å². The van der Waals surface area contributed by atoms with Gasteiger partial charge in [-0.25, -0.2) is 18.4 Å². The second-order valence-electron chi connectivity index (χ2n) is 5.26. The molecule has 3 rings (SSSR count). The van der Waals surface area contributed by atoms with Crippen LogP contribution in [0, 0.1) is 11.3 Å². The Morgan fingerprint density at radius 2 is 2.12 bits per heavy atom. The summed E-state index contributed by atoms with van der Waals surface area (Å²) in [6, 6.07) is 5.02. The monoisotopic (exact) mass is 345 g/mol. The summed E-state index contributed by atoms with van der Waals surface area (Å²) >= 11 is 0. The Morgan fingerprint density at radius 1 is 1.29 bits per heavy atom. The highest BCUT2D eigenvalue weighted by atomic mass is 32.2.